The van der Waals surface area contributed by atoms with Gasteiger partial charge in [-0.2, -0.15) is 0 Å². The maximum absolute atomic E-state index is 5.81. The Kier molecular flexibility index (Phi) is 7.10. The Labute approximate surface area is 151 Å². The fourth-order valence-electron chi connectivity index (χ4n) is 3.91. The quantitative estimate of drug-likeness (QED) is 0.784. The summed E-state index contributed by atoms with van der Waals surface area (Å²) in [6, 6.07) is 2.44. The van der Waals surface area contributed by atoms with Crippen molar-refractivity contribution in [3.63, 3.8) is 0 Å². The highest BCUT2D eigenvalue weighted by Crippen LogP contribution is 2.21. The van der Waals surface area contributed by atoms with Crippen molar-refractivity contribution < 1.29 is 4.74 Å². The smallest absolute Gasteiger partial charge is 0.0593 e. The minimum atomic E-state index is 0.621. The van der Waals surface area contributed by atoms with Gasteiger partial charge in [0.15, 0.2) is 0 Å². The van der Waals surface area contributed by atoms with Gasteiger partial charge in [-0.1, -0.05) is 6.42 Å². The molecule has 2 saturated heterocycles. The Morgan fingerprint density at radius 3 is 2.75 bits per heavy atom. The molecule has 1 aromatic heterocycles. The number of thiophene rings is 1. The maximum atomic E-state index is 5.81. The largest absolute Gasteiger partial charge is 0.380 e. The van der Waals surface area contributed by atoms with E-state index in [1.54, 1.807) is 0 Å². The highest BCUT2D eigenvalue weighted by molar-refractivity contribution is 7.10. The fourth-order valence-corrected chi connectivity index (χ4v) is 4.83. The Balaban J connectivity index is 1.51. The van der Waals surface area contributed by atoms with E-state index in [0.717, 1.165) is 45.9 Å². The van der Waals surface area contributed by atoms with Crippen molar-refractivity contribution in [3.05, 3.63) is 21.9 Å². The number of rotatable bonds is 6. The summed E-state index contributed by atoms with van der Waals surface area (Å²) < 4.78 is 5.81. The first-order chi connectivity index (χ1) is 11.7. The lowest BCUT2D eigenvalue weighted by Crippen LogP contribution is -2.34. The van der Waals surface area contributed by atoms with Crippen LogP contribution in [0.3, 0.4) is 0 Å². The van der Waals surface area contributed by atoms with Gasteiger partial charge in [0, 0.05) is 43.5 Å². The molecule has 0 saturated carbocycles. The van der Waals surface area contributed by atoms with Crippen LogP contribution in [0.1, 0.15) is 29.7 Å². The molecule has 0 spiro atoms. The van der Waals surface area contributed by atoms with Gasteiger partial charge in [-0.15, -0.1) is 11.3 Å². The molecule has 0 aromatic carbocycles. The standard InChI is InChI=1S/C19H33N3OS/c1-20(2)11-18-13-22(8-9-23-15-18)14-19-10-17(16-24-19)12-21-6-4-3-5-7-21/h10,16,18H,3-9,11-15H2,1-2H3. The minimum Gasteiger partial charge on any atom is -0.380 e. The zero-order valence-corrected chi connectivity index (χ0v) is 16.2. The van der Waals surface area contributed by atoms with Crippen LogP contribution >= 0.6 is 11.3 Å². The summed E-state index contributed by atoms with van der Waals surface area (Å²) in [6.07, 6.45) is 4.16. The van der Waals surface area contributed by atoms with Crippen LogP contribution in [0, 0.1) is 5.92 Å². The van der Waals surface area contributed by atoms with Crippen LogP contribution in [0.2, 0.25) is 0 Å². The molecule has 0 radical (unpaired) electrons. The summed E-state index contributed by atoms with van der Waals surface area (Å²) in [5.74, 6) is 0.621. The molecular formula is C19H33N3OS. The Bertz CT molecular complexity index is 485. The molecule has 0 bridgehead atoms. The number of piperidine rings is 1. The average molecular weight is 352 g/mol. The zero-order valence-electron chi connectivity index (χ0n) is 15.4. The van der Waals surface area contributed by atoms with E-state index in [4.69, 9.17) is 4.74 Å². The molecule has 1 atom stereocenters. The van der Waals surface area contributed by atoms with Gasteiger partial charge < -0.3 is 9.64 Å². The molecule has 1 aromatic rings. The number of hydrogen-bond acceptors (Lipinski definition) is 5. The average Bonchev–Trinajstić information content (AvgIpc) is 2.86. The predicted molar refractivity (Wildman–Crippen MR) is 102 cm³/mol. The van der Waals surface area contributed by atoms with Crippen LogP contribution in [0.4, 0.5) is 0 Å². The Morgan fingerprint density at radius 1 is 1.12 bits per heavy atom. The van der Waals surface area contributed by atoms with E-state index in [-0.39, 0.29) is 0 Å². The van der Waals surface area contributed by atoms with E-state index in [9.17, 15) is 0 Å². The van der Waals surface area contributed by atoms with Crippen LogP contribution in [-0.2, 0) is 17.8 Å². The lowest BCUT2D eigenvalue weighted by atomic mass is 10.1. The second-order valence-electron chi connectivity index (χ2n) is 7.70. The monoisotopic (exact) mass is 351 g/mol. The van der Waals surface area contributed by atoms with Gasteiger partial charge in [0.2, 0.25) is 0 Å². The summed E-state index contributed by atoms with van der Waals surface area (Å²) in [5.41, 5.74) is 1.51. The van der Waals surface area contributed by atoms with Gasteiger partial charge in [-0.3, -0.25) is 9.80 Å². The van der Waals surface area contributed by atoms with Gasteiger partial charge in [0.1, 0.15) is 0 Å². The molecule has 136 valence electrons. The van der Waals surface area contributed by atoms with Crippen molar-refractivity contribution in [1.82, 2.24) is 14.7 Å². The van der Waals surface area contributed by atoms with Crippen molar-refractivity contribution in [2.75, 3.05) is 60.0 Å². The van der Waals surface area contributed by atoms with Crippen molar-refractivity contribution in [2.45, 2.75) is 32.4 Å². The van der Waals surface area contributed by atoms with Gasteiger partial charge in [0.05, 0.1) is 13.2 Å². The third-order valence-electron chi connectivity index (χ3n) is 4.99. The first-order valence-corrected chi connectivity index (χ1v) is 10.3. The van der Waals surface area contributed by atoms with Crippen LogP contribution in [0.15, 0.2) is 11.4 Å². The first-order valence-electron chi connectivity index (χ1n) is 9.42. The Morgan fingerprint density at radius 2 is 1.96 bits per heavy atom. The number of ether oxygens (including phenoxy) is 1. The van der Waals surface area contributed by atoms with E-state index < -0.39 is 0 Å². The molecule has 2 aliphatic rings. The topological polar surface area (TPSA) is 19.0 Å². The normalized spacial score (nSPS) is 24.4. The number of hydrogen-bond donors (Lipinski definition) is 0. The van der Waals surface area contributed by atoms with Gasteiger partial charge in [-0.25, -0.2) is 0 Å². The highest BCUT2D eigenvalue weighted by Gasteiger charge is 2.20. The summed E-state index contributed by atoms with van der Waals surface area (Å²) in [4.78, 5) is 8.98. The molecule has 0 N–H and O–H groups in total. The summed E-state index contributed by atoms with van der Waals surface area (Å²) in [5, 5.41) is 2.37. The molecule has 0 amide bonds. The predicted octanol–water partition coefficient (Wildman–Crippen LogP) is 2.74. The molecule has 0 aliphatic carbocycles. The van der Waals surface area contributed by atoms with Gasteiger partial charge >= 0.3 is 0 Å². The molecular weight excluding hydrogens is 318 g/mol. The lowest BCUT2D eigenvalue weighted by Gasteiger charge is -2.26. The van der Waals surface area contributed by atoms with Crippen molar-refractivity contribution >= 4 is 11.3 Å². The molecule has 3 rings (SSSR count). The van der Waals surface area contributed by atoms with Crippen LogP contribution in [0.25, 0.3) is 0 Å². The fraction of sp³-hybridized carbons (Fsp3) is 0.789. The molecule has 1 unspecified atom stereocenters. The van der Waals surface area contributed by atoms with Crippen LogP contribution in [-0.4, -0.2) is 74.7 Å². The third kappa shape index (κ3) is 5.81. The van der Waals surface area contributed by atoms with Crippen LogP contribution in [0.5, 0.6) is 0 Å². The molecule has 2 aliphatic heterocycles. The van der Waals surface area contributed by atoms with E-state index in [1.807, 2.05) is 11.3 Å². The maximum Gasteiger partial charge on any atom is 0.0593 e. The van der Waals surface area contributed by atoms with Gasteiger partial charge in [0.25, 0.3) is 0 Å². The SMILES string of the molecule is CN(C)CC1COCCN(Cc2cc(CN3CCCCC3)cs2)C1. The molecule has 4 nitrogen and oxygen atoms in total. The van der Waals surface area contributed by atoms with Crippen molar-refractivity contribution in [3.8, 4) is 0 Å². The first kappa shape index (κ1) is 18.3. The summed E-state index contributed by atoms with van der Waals surface area (Å²) in [7, 11) is 4.31. The summed E-state index contributed by atoms with van der Waals surface area (Å²) >= 11 is 1.93. The van der Waals surface area contributed by atoms with Crippen molar-refractivity contribution in [2.24, 2.45) is 5.92 Å². The number of likely N-dealkylation sites (tertiary alicyclic amines) is 1. The van der Waals surface area contributed by atoms with Crippen molar-refractivity contribution in [1.29, 1.82) is 0 Å². The molecule has 2 fully saturated rings. The molecule has 3 heterocycles. The molecule has 24 heavy (non-hydrogen) atoms. The van der Waals surface area contributed by atoms with E-state index in [2.05, 4.69) is 40.2 Å². The van der Waals surface area contributed by atoms with Crippen LogP contribution < -0.4 is 0 Å². The van der Waals surface area contributed by atoms with E-state index in [1.165, 1.54) is 42.8 Å². The van der Waals surface area contributed by atoms with E-state index >= 15 is 0 Å². The Hall–Kier alpha value is -0.460. The van der Waals surface area contributed by atoms with Gasteiger partial charge in [-0.05, 0) is 57.0 Å². The second-order valence-corrected chi connectivity index (χ2v) is 8.69. The zero-order chi connectivity index (χ0) is 16.8. The lowest BCUT2D eigenvalue weighted by molar-refractivity contribution is 0.112. The summed E-state index contributed by atoms with van der Waals surface area (Å²) in [6.45, 7) is 9.87. The number of nitrogens with zero attached hydrogens (tertiary/aromatic N) is 3. The highest BCUT2D eigenvalue weighted by atomic mass is 32.1. The van der Waals surface area contributed by atoms with E-state index in [0.29, 0.717) is 5.92 Å². The minimum absolute atomic E-state index is 0.621. The third-order valence-corrected chi connectivity index (χ3v) is 5.96. The second kappa shape index (κ2) is 9.30. The molecule has 5 heteroatoms.